The molecule has 0 aliphatic rings. The summed E-state index contributed by atoms with van der Waals surface area (Å²) in [6.07, 6.45) is 5.69. The van der Waals surface area contributed by atoms with Crippen LogP contribution < -0.4 is 0 Å². The largest absolute Gasteiger partial charge is 0.475 e. The number of rotatable bonds is 4. The fourth-order valence-electron chi connectivity index (χ4n) is 1.39. The Labute approximate surface area is 103 Å². The smallest absolute Gasteiger partial charge is 0.376 e. The monoisotopic (exact) mass is 242 g/mol. The topological polar surface area (TPSA) is 72.2 Å². The maximum atomic E-state index is 10.9. The van der Waals surface area contributed by atoms with Crippen molar-refractivity contribution in [2.24, 2.45) is 0 Å². The normalized spacial score (nSPS) is 10.7. The van der Waals surface area contributed by atoms with Gasteiger partial charge < -0.3 is 5.11 Å². The van der Waals surface area contributed by atoms with E-state index in [-0.39, 0.29) is 0 Å². The number of carboxylic acids is 1. The third kappa shape index (κ3) is 2.70. The van der Waals surface area contributed by atoms with Crippen LogP contribution >= 0.6 is 0 Å². The number of benzene rings is 1. The summed E-state index contributed by atoms with van der Waals surface area (Å²) in [5.41, 5.74) is 1.55. The van der Waals surface area contributed by atoms with Gasteiger partial charge in [-0.3, -0.25) is 4.79 Å². The molecule has 1 heterocycles. The number of carboxylic acid groups (broad SMARTS) is 1. The quantitative estimate of drug-likeness (QED) is 0.652. The van der Waals surface area contributed by atoms with Gasteiger partial charge in [-0.2, -0.15) is 5.10 Å². The minimum atomic E-state index is -1.47. The van der Waals surface area contributed by atoms with E-state index < -0.39 is 11.8 Å². The Morgan fingerprint density at radius 1 is 1.22 bits per heavy atom. The molecule has 5 heteroatoms. The van der Waals surface area contributed by atoms with Gasteiger partial charge in [-0.1, -0.05) is 18.2 Å². The Bertz CT molecular complexity index is 600. The summed E-state index contributed by atoms with van der Waals surface area (Å²) in [7, 11) is 0. The van der Waals surface area contributed by atoms with Gasteiger partial charge in [-0.05, 0) is 24.3 Å². The molecule has 0 aliphatic carbocycles. The predicted octanol–water partition coefficient (Wildman–Crippen LogP) is 1.54. The first-order chi connectivity index (χ1) is 8.66. The molecule has 2 rings (SSSR count). The van der Waals surface area contributed by atoms with Crippen LogP contribution in [0.3, 0.4) is 0 Å². The lowest BCUT2D eigenvalue weighted by atomic mass is 10.3. The number of nitrogens with zero attached hydrogens (tertiary/aromatic N) is 2. The summed E-state index contributed by atoms with van der Waals surface area (Å²) in [4.78, 5) is 21.2. The van der Waals surface area contributed by atoms with Gasteiger partial charge in [0, 0.05) is 11.8 Å². The summed E-state index contributed by atoms with van der Waals surface area (Å²) in [6, 6.07) is 9.46. The van der Waals surface area contributed by atoms with Gasteiger partial charge in [0.15, 0.2) is 0 Å². The number of carbonyl (C=O) groups excluding carboxylic acids is 1. The van der Waals surface area contributed by atoms with Crippen molar-refractivity contribution >= 4 is 17.8 Å². The molecule has 1 aromatic carbocycles. The maximum Gasteiger partial charge on any atom is 0.376 e. The van der Waals surface area contributed by atoms with Crippen molar-refractivity contribution in [2.45, 2.75) is 0 Å². The lowest BCUT2D eigenvalue weighted by Gasteiger charge is -1.98. The maximum absolute atomic E-state index is 10.9. The summed E-state index contributed by atoms with van der Waals surface area (Å²) >= 11 is 0. The van der Waals surface area contributed by atoms with E-state index in [9.17, 15) is 9.59 Å². The third-order valence-corrected chi connectivity index (χ3v) is 2.26. The lowest BCUT2D eigenvalue weighted by Crippen LogP contribution is -2.08. The van der Waals surface area contributed by atoms with Crippen LogP contribution in [-0.4, -0.2) is 26.6 Å². The number of aromatic nitrogens is 2. The van der Waals surface area contributed by atoms with Gasteiger partial charge in [0.2, 0.25) is 0 Å². The van der Waals surface area contributed by atoms with E-state index >= 15 is 0 Å². The second-order valence-electron chi connectivity index (χ2n) is 3.56. The predicted molar refractivity (Wildman–Crippen MR) is 65.2 cm³/mol. The van der Waals surface area contributed by atoms with E-state index in [0.29, 0.717) is 5.56 Å². The van der Waals surface area contributed by atoms with Crippen molar-refractivity contribution in [3.8, 4) is 5.69 Å². The summed E-state index contributed by atoms with van der Waals surface area (Å²) in [6.45, 7) is 0. The van der Waals surface area contributed by atoms with Crippen LogP contribution in [0.25, 0.3) is 11.8 Å². The van der Waals surface area contributed by atoms with Crippen molar-refractivity contribution in [1.29, 1.82) is 0 Å². The van der Waals surface area contributed by atoms with Gasteiger partial charge in [0.05, 0.1) is 11.9 Å². The molecule has 0 spiro atoms. The second-order valence-corrected chi connectivity index (χ2v) is 3.56. The Balaban J connectivity index is 2.17. The van der Waals surface area contributed by atoms with Crippen molar-refractivity contribution in [3.63, 3.8) is 0 Å². The lowest BCUT2D eigenvalue weighted by molar-refractivity contribution is -0.146. The zero-order valence-electron chi connectivity index (χ0n) is 9.35. The fourth-order valence-corrected chi connectivity index (χ4v) is 1.39. The molecule has 0 bridgehead atoms. The van der Waals surface area contributed by atoms with Gasteiger partial charge >= 0.3 is 5.97 Å². The molecule has 0 saturated heterocycles. The summed E-state index contributed by atoms with van der Waals surface area (Å²) in [5, 5.41) is 12.5. The van der Waals surface area contributed by atoms with Crippen molar-refractivity contribution < 1.29 is 14.7 Å². The number of hydrogen-bond acceptors (Lipinski definition) is 3. The van der Waals surface area contributed by atoms with E-state index in [1.54, 1.807) is 17.1 Å². The minimum Gasteiger partial charge on any atom is -0.475 e. The summed E-state index contributed by atoms with van der Waals surface area (Å²) in [5.74, 6) is -2.43. The van der Waals surface area contributed by atoms with Crippen LogP contribution in [0.5, 0.6) is 0 Å². The average molecular weight is 242 g/mol. The molecule has 90 valence electrons. The zero-order valence-corrected chi connectivity index (χ0v) is 9.35. The minimum absolute atomic E-state index is 0.661. The van der Waals surface area contributed by atoms with Crippen LogP contribution in [0.15, 0.2) is 48.8 Å². The number of hydrogen-bond donors (Lipinski definition) is 1. The second kappa shape index (κ2) is 5.09. The first-order valence-electron chi connectivity index (χ1n) is 5.22. The SMILES string of the molecule is O=C(O)C(=O)/C=C/c1cnn(-c2ccccc2)c1. The van der Waals surface area contributed by atoms with E-state index in [1.165, 1.54) is 6.08 Å². The van der Waals surface area contributed by atoms with E-state index in [4.69, 9.17) is 5.11 Å². The van der Waals surface area contributed by atoms with Crippen LogP contribution in [0.1, 0.15) is 5.56 Å². The molecule has 2 aromatic rings. The molecule has 0 aliphatic heterocycles. The van der Waals surface area contributed by atoms with Crippen molar-refractivity contribution in [1.82, 2.24) is 9.78 Å². The van der Waals surface area contributed by atoms with E-state index in [2.05, 4.69) is 5.10 Å². The molecular weight excluding hydrogens is 232 g/mol. The Kier molecular flexibility index (Phi) is 3.33. The van der Waals surface area contributed by atoms with Crippen molar-refractivity contribution in [3.05, 3.63) is 54.4 Å². The number of aliphatic carboxylic acids is 1. The molecule has 0 fully saturated rings. The Morgan fingerprint density at radius 3 is 2.61 bits per heavy atom. The highest BCUT2D eigenvalue weighted by Crippen LogP contribution is 2.08. The molecule has 18 heavy (non-hydrogen) atoms. The van der Waals surface area contributed by atoms with Crippen LogP contribution in [0, 0.1) is 0 Å². The van der Waals surface area contributed by atoms with Crippen LogP contribution in [-0.2, 0) is 9.59 Å². The first-order valence-corrected chi connectivity index (χ1v) is 5.22. The van der Waals surface area contributed by atoms with Crippen LogP contribution in [0.4, 0.5) is 0 Å². The molecule has 5 nitrogen and oxygen atoms in total. The van der Waals surface area contributed by atoms with Gasteiger partial charge in [-0.25, -0.2) is 9.48 Å². The molecule has 0 unspecified atom stereocenters. The van der Waals surface area contributed by atoms with Crippen molar-refractivity contribution in [2.75, 3.05) is 0 Å². The first kappa shape index (κ1) is 11.8. The highest BCUT2D eigenvalue weighted by Gasteiger charge is 2.06. The molecule has 1 aromatic heterocycles. The molecule has 0 amide bonds. The Hall–Kier alpha value is -2.69. The van der Waals surface area contributed by atoms with E-state index in [1.807, 2.05) is 30.3 Å². The average Bonchev–Trinajstić information content (AvgIpc) is 2.85. The zero-order chi connectivity index (χ0) is 13.0. The third-order valence-electron chi connectivity index (χ3n) is 2.26. The fraction of sp³-hybridized carbons (Fsp3) is 0. The van der Waals surface area contributed by atoms with E-state index in [0.717, 1.165) is 11.8 Å². The highest BCUT2D eigenvalue weighted by atomic mass is 16.4. The molecular formula is C13H10N2O3. The van der Waals surface area contributed by atoms with Gasteiger partial charge in [0.1, 0.15) is 0 Å². The van der Waals surface area contributed by atoms with Gasteiger partial charge in [-0.15, -0.1) is 0 Å². The number of carbonyl (C=O) groups is 2. The molecule has 1 N–H and O–H groups in total. The number of para-hydroxylation sites is 1. The van der Waals surface area contributed by atoms with Crippen LogP contribution in [0.2, 0.25) is 0 Å². The molecule has 0 atom stereocenters. The standard InChI is InChI=1S/C13H10N2O3/c16-12(13(17)18)7-6-10-8-14-15(9-10)11-4-2-1-3-5-11/h1-9H,(H,17,18)/b7-6+. The Morgan fingerprint density at radius 2 is 1.94 bits per heavy atom. The summed E-state index contributed by atoms with van der Waals surface area (Å²) < 4.78 is 1.64. The molecule has 0 radical (unpaired) electrons. The van der Waals surface area contributed by atoms with Gasteiger partial charge in [0.25, 0.3) is 5.78 Å². The highest BCUT2D eigenvalue weighted by molar-refractivity contribution is 6.38. The molecule has 0 saturated carbocycles. The number of ketones is 1.